The van der Waals surface area contributed by atoms with E-state index in [4.69, 9.17) is 16.2 Å². The maximum atomic E-state index is 13.3. The lowest BCUT2D eigenvalue weighted by molar-refractivity contribution is 0.432. The molecule has 2 rings (SSSR count). The number of nitrogens with two attached hydrogens (primary N) is 1. The van der Waals surface area contributed by atoms with E-state index >= 15 is 0 Å². The van der Waals surface area contributed by atoms with Gasteiger partial charge < -0.3 is 16.2 Å². The number of rotatable bonds is 3. The summed E-state index contributed by atoms with van der Waals surface area (Å²) in [7, 11) is 1.63. The van der Waals surface area contributed by atoms with Crippen LogP contribution < -0.4 is 11.1 Å². The van der Waals surface area contributed by atoms with Crippen LogP contribution in [-0.4, -0.2) is 27.8 Å². The predicted molar refractivity (Wildman–Crippen MR) is 70.0 cm³/mol. The van der Waals surface area contributed by atoms with Crippen LogP contribution in [0.3, 0.4) is 0 Å². The molecule has 19 heavy (non-hydrogen) atoms. The molecule has 6 nitrogen and oxygen atoms in total. The lowest BCUT2D eigenvalue weighted by atomic mass is 10.0. The van der Waals surface area contributed by atoms with E-state index < -0.39 is 11.6 Å². The van der Waals surface area contributed by atoms with Crippen molar-refractivity contribution in [2.75, 3.05) is 18.1 Å². The van der Waals surface area contributed by atoms with Crippen LogP contribution >= 0.6 is 0 Å². The zero-order valence-corrected chi connectivity index (χ0v) is 10.1. The van der Waals surface area contributed by atoms with E-state index in [2.05, 4.69) is 15.3 Å². The summed E-state index contributed by atoms with van der Waals surface area (Å²) in [4.78, 5) is 7.78. The zero-order valence-electron chi connectivity index (χ0n) is 10.1. The minimum atomic E-state index is -0.802. The van der Waals surface area contributed by atoms with Crippen molar-refractivity contribution in [1.29, 1.82) is 5.41 Å². The smallest absolute Gasteiger partial charge is 0.165 e. The van der Waals surface area contributed by atoms with Gasteiger partial charge in [0, 0.05) is 12.6 Å². The molecule has 0 bridgehead atoms. The number of benzene rings is 1. The molecule has 0 unspecified atom stereocenters. The van der Waals surface area contributed by atoms with Gasteiger partial charge in [-0.1, -0.05) is 0 Å². The molecule has 0 spiro atoms. The van der Waals surface area contributed by atoms with Crippen LogP contribution in [0.1, 0.15) is 11.1 Å². The first-order chi connectivity index (χ1) is 9.04. The summed E-state index contributed by atoms with van der Waals surface area (Å²) < 4.78 is 13.3. The summed E-state index contributed by atoms with van der Waals surface area (Å²) in [5.41, 5.74) is 6.26. The van der Waals surface area contributed by atoms with Crippen molar-refractivity contribution in [2.24, 2.45) is 0 Å². The van der Waals surface area contributed by atoms with E-state index in [0.717, 1.165) is 6.07 Å². The molecule has 0 atom stereocenters. The maximum absolute atomic E-state index is 13.3. The van der Waals surface area contributed by atoms with Crippen LogP contribution in [0.2, 0.25) is 0 Å². The first-order valence-electron chi connectivity index (χ1n) is 5.40. The van der Waals surface area contributed by atoms with Crippen molar-refractivity contribution in [1.82, 2.24) is 9.97 Å². The number of nitrogens with zero attached hydrogens (tertiary/aromatic N) is 2. The summed E-state index contributed by atoms with van der Waals surface area (Å²) in [5, 5.41) is 20.0. The Bertz CT molecular complexity index is 644. The molecule has 1 aromatic carbocycles. The van der Waals surface area contributed by atoms with E-state index in [0.29, 0.717) is 5.82 Å². The molecular weight excluding hydrogens is 249 g/mol. The van der Waals surface area contributed by atoms with Gasteiger partial charge in [-0.3, -0.25) is 5.41 Å². The third kappa shape index (κ3) is 2.30. The Balaban J connectivity index is 2.52. The average Bonchev–Trinajstić information content (AvgIpc) is 2.40. The van der Waals surface area contributed by atoms with Gasteiger partial charge in [0.15, 0.2) is 11.6 Å². The van der Waals surface area contributed by atoms with Crippen LogP contribution in [0.15, 0.2) is 24.5 Å². The second kappa shape index (κ2) is 4.89. The van der Waals surface area contributed by atoms with E-state index in [1.165, 1.54) is 18.5 Å². The van der Waals surface area contributed by atoms with Crippen LogP contribution in [-0.2, 0) is 0 Å². The molecule has 2 aromatic rings. The number of hydrogen-bond donors (Lipinski definition) is 4. The van der Waals surface area contributed by atoms with Gasteiger partial charge in [-0.25, -0.2) is 14.4 Å². The van der Waals surface area contributed by atoms with Gasteiger partial charge in [0.05, 0.1) is 11.3 Å². The Hall–Kier alpha value is -2.70. The number of aromatic hydroxyl groups is 1. The average molecular weight is 261 g/mol. The zero-order chi connectivity index (χ0) is 14.0. The van der Waals surface area contributed by atoms with Gasteiger partial charge in [0.25, 0.3) is 0 Å². The minimum Gasteiger partial charge on any atom is -0.505 e. The van der Waals surface area contributed by atoms with Crippen LogP contribution in [0.25, 0.3) is 0 Å². The molecule has 0 saturated carbocycles. The normalized spacial score (nSPS) is 10.2. The topological polar surface area (TPSA) is 108 Å². The van der Waals surface area contributed by atoms with Gasteiger partial charge >= 0.3 is 0 Å². The maximum Gasteiger partial charge on any atom is 0.165 e. The number of nitrogen functional groups attached to an aromatic ring is 1. The van der Waals surface area contributed by atoms with Crippen molar-refractivity contribution >= 4 is 17.3 Å². The number of aromatic nitrogens is 2. The molecule has 0 saturated heterocycles. The lowest BCUT2D eigenvalue weighted by Gasteiger charge is -2.11. The quantitative estimate of drug-likeness (QED) is 0.624. The molecule has 5 N–H and O–H groups in total. The second-order valence-corrected chi connectivity index (χ2v) is 3.77. The van der Waals surface area contributed by atoms with E-state index in [1.807, 2.05) is 0 Å². The summed E-state index contributed by atoms with van der Waals surface area (Å²) in [6.07, 6.45) is 1.27. The second-order valence-electron chi connectivity index (χ2n) is 3.77. The summed E-state index contributed by atoms with van der Waals surface area (Å²) >= 11 is 0. The molecule has 98 valence electrons. The molecule has 7 heteroatoms. The monoisotopic (exact) mass is 261 g/mol. The fourth-order valence-electron chi connectivity index (χ4n) is 1.64. The Morgan fingerprint density at radius 2 is 2.16 bits per heavy atom. The molecule has 1 aromatic heterocycles. The van der Waals surface area contributed by atoms with Crippen molar-refractivity contribution < 1.29 is 9.50 Å². The van der Waals surface area contributed by atoms with Gasteiger partial charge in [-0.15, -0.1) is 0 Å². The Morgan fingerprint density at radius 3 is 2.79 bits per heavy atom. The molecule has 1 heterocycles. The minimum absolute atomic E-state index is 0.0265. The number of phenols is 1. The molecule has 0 radical (unpaired) electrons. The Kier molecular flexibility index (Phi) is 3.28. The summed E-state index contributed by atoms with van der Waals surface area (Å²) in [6.45, 7) is 0. The van der Waals surface area contributed by atoms with Crippen molar-refractivity contribution in [2.45, 2.75) is 0 Å². The van der Waals surface area contributed by atoms with E-state index in [9.17, 15) is 4.39 Å². The first kappa shape index (κ1) is 12.7. The van der Waals surface area contributed by atoms with E-state index in [1.54, 1.807) is 7.05 Å². The molecule has 0 aliphatic heterocycles. The standard InChI is InChI=1S/C12H12FN5O/c1-16-12-9(11(15)17-5-18-12)10(14)6-2-3-8(19)7(13)4-6/h2-5,14,19H,1H3,(H3,15,16,17,18). The highest BCUT2D eigenvalue weighted by Crippen LogP contribution is 2.23. The van der Waals surface area contributed by atoms with Gasteiger partial charge in [0.1, 0.15) is 18.0 Å². The highest BCUT2D eigenvalue weighted by molar-refractivity contribution is 6.16. The summed E-state index contributed by atoms with van der Waals surface area (Å²) in [5.74, 6) is -0.768. The SMILES string of the molecule is CNc1ncnc(N)c1C(=N)c1ccc(O)c(F)c1. The Morgan fingerprint density at radius 1 is 1.42 bits per heavy atom. The Labute approximate surface area is 108 Å². The molecule has 0 aliphatic rings. The highest BCUT2D eigenvalue weighted by Gasteiger charge is 2.16. The lowest BCUT2D eigenvalue weighted by Crippen LogP contribution is -2.12. The fourth-order valence-corrected chi connectivity index (χ4v) is 1.64. The van der Waals surface area contributed by atoms with Gasteiger partial charge in [-0.2, -0.15) is 0 Å². The summed E-state index contributed by atoms with van der Waals surface area (Å²) in [6, 6.07) is 3.66. The molecule has 0 aliphatic carbocycles. The number of anilines is 2. The van der Waals surface area contributed by atoms with Crippen molar-refractivity contribution in [3.63, 3.8) is 0 Å². The van der Waals surface area contributed by atoms with E-state index in [-0.39, 0.29) is 22.7 Å². The fraction of sp³-hybridized carbons (Fsp3) is 0.0833. The predicted octanol–water partition coefficient (Wildman–Crippen LogP) is 1.36. The number of hydrogen-bond acceptors (Lipinski definition) is 6. The highest BCUT2D eigenvalue weighted by atomic mass is 19.1. The number of halogens is 1. The largest absolute Gasteiger partial charge is 0.505 e. The first-order valence-corrected chi connectivity index (χ1v) is 5.40. The van der Waals surface area contributed by atoms with Crippen molar-refractivity contribution in [3.8, 4) is 5.75 Å². The van der Waals surface area contributed by atoms with Crippen LogP contribution in [0.4, 0.5) is 16.0 Å². The molecular formula is C12H12FN5O. The number of nitrogens with one attached hydrogen (secondary N) is 2. The number of phenolic OH excluding ortho intramolecular Hbond substituents is 1. The van der Waals surface area contributed by atoms with Crippen LogP contribution in [0, 0.1) is 11.2 Å². The van der Waals surface area contributed by atoms with Crippen LogP contribution in [0.5, 0.6) is 5.75 Å². The third-order valence-electron chi connectivity index (χ3n) is 2.60. The van der Waals surface area contributed by atoms with Gasteiger partial charge in [0.2, 0.25) is 0 Å². The van der Waals surface area contributed by atoms with Gasteiger partial charge in [-0.05, 0) is 18.2 Å². The molecule has 0 fully saturated rings. The molecule has 0 amide bonds. The third-order valence-corrected chi connectivity index (χ3v) is 2.60. The van der Waals surface area contributed by atoms with Crippen molar-refractivity contribution in [3.05, 3.63) is 41.5 Å².